The lowest BCUT2D eigenvalue weighted by Gasteiger charge is -2.11. The average molecular weight is 258 g/mol. The van der Waals surface area contributed by atoms with Crippen LogP contribution in [0.2, 0.25) is 0 Å². The molecule has 2 aromatic heterocycles. The van der Waals surface area contributed by atoms with Crippen LogP contribution in [0.4, 0.5) is 0 Å². The van der Waals surface area contributed by atoms with Crippen molar-refractivity contribution in [3.8, 4) is 0 Å². The van der Waals surface area contributed by atoms with Crippen molar-refractivity contribution in [1.82, 2.24) is 19.9 Å². The number of aromatic nitrogens is 4. The molecule has 1 atom stereocenters. The van der Waals surface area contributed by atoms with Crippen molar-refractivity contribution >= 4 is 11.0 Å². The highest BCUT2D eigenvalue weighted by molar-refractivity contribution is 5.73. The van der Waals surface area contributed by atoms with Gasteiger partial charge in [-0.2, -0.15) is 0 Å². The second-order valence-corrected chi connectivity index (χ2v) is 4.42. The molecule has 0 fully saturated rings. The summed E-state index contributed by atoms with van der Waals surface area (Å²) in [5, 5.41) is 17.5. The van der Waals surface area contributed by atoms with Gasteiger partial charge in [0.2, 0.25) is 0 Å². The highest BCUT2D eigenvalue weighted by Crippen LogP contribution is 2.17. The zero-order valence-electron chi connectivity index (χ0n) is 10.5. The van der Waals surface area contributed by atoms with E-state index in [9.17, 15) is 5.11 Å². The van der Waals surface area contributed by atoms with Gasteiger partial charge in [-0.05, 0) is 34.4 Å². The molecule has 0 saturated heterocycles. The number of benzene rings is 1. The molecule has 6 nitrogen and oxygen atoms in total. The molecule has 1 N–H and O–H groups in total. The summed E-state index contributed by atoms with van der Waals surface area (Å²) in [5.41, 5.74) is 2.53. The number of nitrogens with zero attached hydrogens (tertiary/aromatic N) is 4. The van der Waals surface area contributed by atoms with E-state index in [4.69, 9.17) is 0 Å². The Labute approximate surface area is 109 Å². The number of imidazole rings is 1. The van der Waals surface area contributed by atoms with Crippen LogP contribution >= 0.6 is 0 Å². The van der Waals surface area contributed by atoms with Crippen molar-refractivity contribution in [2.75, 3.05) is 0 Å². The third-order valence-electron chi connectivity index (χ3n) is 3.10. The molecule has 0 saturated carbocycles. The van der Waals surface area contributed by atoms with E-state index in [1.165, 1.54) is 0 Å². The van der Waals surface area contributed by atoms with E-state index in [1.807, 2.05) is 35.9 Å². The molecule has 0 bridgehead atoms. The molecule has 0 aliphatic heterocycles. The van der Waals surface area contributed by atoms with Gasteiger partial charge in [-0.3, -0.25) is 0 Å². The Bertz CT molecular complexity index is 689. The van der Waals surface area contributed by atoms with Crippen LogP contribution in [-0.4, -0.2) is 25.0 Å². The SMILES string of the molecule is CCC(O)c1nccn1Cc1ccc2nonc2c1. The Kier molecular flexibility index (Phi) is 3.00. The van der Waals surface area contributed by atoms with Crippen LogP contribution in [0.25, 0.3) is 11.0 Å². The van der Waals surface area contributed by atoms with Gasteiger partial charge in [0.25, 0.3) is 0 Å². The Morgan fingerprint density at radius 1 is 1.32 bits per heavy atom. The van der Waals surface area contributed by atoms with Gasteiger partial charge in [-0.15, -0.1) is 0 Å². The zero-order valence-corrected chi connectivity index (χ0v) is 10.5. The molecule has 0 aliphatic carbocycles. The Balaban J connectivity index is 1.90. The number of aliphatic hydroxyl groups excluding tert-OH is 1. The molecule has 3 aromatic rings. The molecule has 1 unspecified atom stereocenters. The van der Waals surface area contributed by atoms with Crippen LogP contribution in [0.1, 0.15) is 30.8 Å². The largest absolute Gasteiger partial charge is 0.385 e. The number of rotatable bonds is 4. The van der Waals surface area contributed by atoms with Gasteiger partial charge < -0.3 is 9.67 Å². The van der Waals surface area contributed by atoms with E-state index in [1.54, 1.807) is 6.20 Å². The van der Waals surface area contributed by atoms with E-state index in [-0.39, 0.29) is 0 Å². The van der Waals surface area contributed by atoms with Crippen molar-refractivity contribution in [3.63, 3.8) is 0 Å². The van der Waals surface area contributed by atoms with Crippen molar-refractivity contribution in [2.24, 2.45) is 0 Å². The lowest BCUT2D eigenvalue weighted by molar-refractivity contribution is 0.159. The summed E-state index contributed by atoms with van der Waals surface area (Å²) in [4.78, 5) is 4.20. The van der Waals surface area contributed by atoms with E-state index < -0.39 is 6.10 Å². The normalized spacial score (nSPS) is 12.9. The molecular formula is C13H14N4O2. The smallest absolute Gasteiger partial charge is 0.137 e. The van der Waals surface area contributed by atoms with Crippen LogP contribution in [0, 0.1) is 0 Å². The van der Waals surface area contributed by atoms with Crippen molar-refractivity contribution in [2.45, 2.75) is 26.0 Å². The summed E-state index contributed by atoms with van der Waals surface area (Å²) in [6, 6.07) is 5.76. The first-order valence-electron chi connectivity index (χ1n) is 6.18. The molecular weight excluding hydrogens is 244 g/mol. The predicted molar refractivity (Wildman–Crippen MR) is 68.4 cm³/mol. The average Bonchev–Trinajstić information content (AvgIpc) is 3.06. The second-order valence-electron chi connectivity index (χ2n) is 4.42. The van der Waals surface area contributed by atoms with Crippen LogP contribution in [0.15, 0.2) is 35.2 Å². The standard InChI is InChI=1S/C13H14N4O2/c1-2-12(18)13-14-5-6-17(13)8-9-3-4-10-11(7-9)16-19-15-10/h3-7,12,18H,2,8H2,1H3. The van der Waals surface area contributed by atoms with E-state index in [0.717, 1.165) is 16.6 Å². The summed E-state index contributed by atoms with van der Waals surface area (Å²) in [5.74, 6) is 0.681. The van der Waals surface area contributed by atoms with E-state index >= 15 is 0 Å². The summed E-state index contributed by atoms with van der Waals surface area (Å²) >= 11 is 0. The third kappa shape index (κ3) is 2.22. The maximum atomic E-state index is 9.90. The molecule has 0 aliphatic rings. The molecule has 6 heteroatoms. The summed E-state index contributed by atoms with van der Waals surface area (Å²) in [6.07, 6.45) is 3.67. The van der Waals surface area contributed by atoms with Gasteiger partial charge in [0.15, 0.2) is 0 Å². The van der Waals surface area contributed by atoms with Gasteiger partial charge in [-0.25, -0.2) is 9.61 Å². The summed E-state index contributed by atoms with van der Waals surface area (Å²) in [7, 11) is 0. The fourth-order valence-electron chi connectivity index (χ4n) is 2.06. The van der Waals surface area contributed by atoms with Crippen LogP contribution in [0.3, 0.4) is 0 Å². The molecule has 2 heterocycles. The molecule has 19 heavy (non-hydrogen) atoms. The van der Waals surface area contributed by atoms with Gasteiger partial charge >= 0.3 is 0 Å². The first-order chi connectivity index (χ1) is 9.28. The lowest BCUT2D eigenvalue weighted by atomic mass is 10.2. The lowest BCUT2D eigenvalue weighted by Crippen LogP contribution is -2.08. The van der Waals surface area contributed by atoms with Crippen molar-refractivity contribution in [1.29, 1.82) is 0 Å². The Hall–Kier alpha value is -2.21. The predicted octanol–water partition coefficient (Wildman–Crippen LogP) is 1.91. The van der Waals surface area contributed by atoms with Crippen LogP contribution in [-0.2, 0) is 6.54 Å². The van der Waals surface area contributed by atoms with Gasteiger partial charge in [-0.1, -0.05) is 13.0 Å². The minimum Gasteiger partial charge on any atom is -0.385 e. The fourth-order valence-corrected chi connectivity index (χ4v) is 2.06. The quantitative estimate of drug-likeness (QED) is 0.773. The third-order valence-corrected chi connectivity index (χ3v) is 3.10. The van der Waals surface area contributed by atoms with E-state index in [0.29, 0.717) is 18.8 Å². The monoisotopic (exact) mass is 258 g/mol. The number of hydrogen-bond acceptors (Lipinski definition) is 5. The van der Waals surface area contributed by atoms with Crippen LogP contribution < -0.4 is 0 Å². The molecule has 0 spiro atoms. The van der Waals surface area contributed by atoms with Gasteiger partial charge in [0.1, 0.15) is 23.0 Å². The highest BCUT2D eigenvalue weighted by Gasteiger charge is 2.12. The highest BCUT2D eigenvalue weighted by atomic mass is 16.6. The number of fused-ring (bicyclic) bond motifs is 1. The van der Waals surface area contributed by atoms with E-state index in [2.05, 4.69) is 19.9 Å². The molecule has 1 aromatic carbocycles. The van der Waals surface area contributed by atoms with Crippen molar-refractivity contribution in [3.05, 3.63) is 42.0 Å². The van der Waals surface area contributed by atoms with Gasteiger partial charge in [0.05, 0.1) is 0 Å². The van der Waals surface area contributed by atoms with Crippen molar-refractivity contribution < 1.29 is 9.74 Å². The molecule has 0 amide bonds. The Morgan fingerprint density at radius 3 is 3.00 bits per heavy atom. The number of aliphatic hydroxyl groups is 1. The minimum absolute atomic E-state index is 0.535. The second kappa shape index (κ2) is 4.81. The first kappa shape index (κ1) is 11.9. The fraction of sp³-hybridized carbons (Fsp3) is 0.308. The molecule has 98 valence electrons. The Morgan fingerprint density at radius 2 is 2.16 bits per heavy atom. The summed E-state index contributed by atoms with van der Waals surface area (Å²) in [6.45, 7) is 2.56. The summed E-state index contributed by atoms with van der Waals surface area (Å²) < 4.78 is 6.61. The minimum atomic E-state index is -0.535. The first-order valence-corrected chi connectivity index (χ1v) is 6.18. The van der Waals surface area contributed by atoms with Gasteiger partial charge in [0, 0.05) is 18.9 Å². The molecule has 0 radical (unpaired) electrons. The maximum Gasteiger partial charge on any atom is 0.137 e. The number of hydrogen-bond donors (Lipinski definition) is 1. The molecule has 3 rings (SSSR count). The maximum absolute atomic E-state index is 9.90. The topological polar surface area (TPSA) is 77.0 Å². The van der Waals surface area contributed by atoms with Crippen LogP contribution in [0.5, 0.6) is 0 Å². The zero-order chi connectivity index (χ0) is 13.2.